The molecule has 0 aliphatic heterocycles. The summed E-state index contributed by atoms with van der Waals surface area (Å²) in [7, 11) is 1.87. The van der Waals surface area contributed by atoms with Gasteiger partial charge in [0.05, 0.1) is 0 Å². The van der Waals surface area contributed by atoms with Crippen molar-refractivity contribution in [3.8, 4) is 0 Å². The molecule has 1 aliphatic carbocycles. The lowest BCUT2D eigenvalue weighted by atomic mass is 10.1. The van der Waals surface area contributed by atoms with Gasteiger partial charge in [0.1, 0.15) is 0 Å². The van der Waals surface area contributed by atoms with Crippen molar-refractivity contribution in [2.24, 2.45) is 7.05 Å². The van der Waals surface area contributed by atoms with Gasteiger partial charge in [0.25, 0.3) is 5.56 Å². The molecule has 1 aliphatic rings. The van der Waals surface area contributed by atoms with Crippen LogP contribution in [0, 0.1) is 0 Å². The second-order valence-corrected chi connectivity index (χ2v) is 4.05. The van der Waals surface area contributed by atoms with E-state index in [1.54, 1.807) is 4.57 Å². The number of aromatic nitrogens is 1. The van der Waals surface area contributed by atoms with E-state index in [0.29, 0.717) is 5.33 Å². The molecule has 0 radical (unpaired) electrons. The Balaban J connectivity index is 2.68. The molecule has 3 heteroatoms. The molecule has 0 N–H and O–H groups in total. The van der Waals surface area contributed by atoms with Crippen LogP contribution in [0.3, 0.4) is 0 Å². The van der Waals surface area contributed by atoms with E-state index in [4.69, 9.17) is 0 Å². The third-order valence-corrected chi connectivity index (χ3v) is 3.31. The van der Waals surface area contributed by atoms with Gasteiger partial charge in [0.15, 0.2) is 0 Å². The highest BCUT2D eigenvalue weighted by Gasteiger charge is 2.16. The van der Waals surface area contributed by atoms with E-state index < -0.39 is 0 Å². The largest absolute Gasteiger partial charge is 0.315 e. The van der Waals surface area contributed by atoms with E-state index in [-0.39, 0.29) is 5.56 Å². The van der Waals surface area contributed by atoms with Gasteiger partial charge in [-0.3, -0.25) is 4.79 Å². The molecule has 13 heavy (non-hydrogen) atoms. The molecule has 0 aromatic carbocycles. The summed E-state index contributed by atoms with van der Waals surface area (Å²) in [5.74, 6) is 0. The molecule has 0 spiro atoms. The first kappa shape index (κ1) is 9.00. The minimum Gasteiger partial charge on any atom is -0.315 e. The summed E-state index contributed by atoms with van der Waals surface area (Å²) in [4.78, 5) is 11.7. The Morgan fingerprint density at radius 3 is 3.00 bits per heavy atom. The van der Waals surface area contributed by atoms with Crippen molar-refractivity contribution in [3.05, 3.63) is 33.2 Å². The summed E-state index contributed by atoms with van der Waals surface area (Å²) in [6, 6.07) is 2.05. The Morgan fingerprint density at radius 2 is 2.31 bits per heavy atom. The number of pyridine rings is 1. The summed E-state index contributed by atoms with van der Waals surface area (Å²) >= 11 is 3.34. The highest BCUT2D eigenvalue weighted by Crippen LogP contribution is 2.20. The van der Waals surface area contributed by atoms with Crippen LogP contribution in [0.5, 0.6) is 0 Å². The van der Waals surface area contributed by atoms with Crippen LogP contribution in [0.25, 0.3) is 0 Å². The maximum atomic E-state index is 11.7. The maximum Gasteiger partial charge on any atom is 0.254 e. The van der Waals surface area contributed by atoms with E-state index in [1.165, 1.54) is 17.7 Å². The van der Waals surface area contributed by atoms with Gasteiger partial charge in [0.2, 0.25) is 0 Å². The van der Waals surface area contributed by atoms with Gasteiger partial charge in [-0.1, -0.05) is 15.9 Å². The highest BCUT2D eigenvalue weighted by atomic mass is 79.9. The molecule has 0 amide bonds. The first-order chi connectivity index (χ1) is 6.24. The fourth-order valence-corrected chi connectivity index (χ4v) is 2.40. The third-order valence-electron chi connectivity index (χ3n) is 2.71. The molecule has 0 unspecified atom stereocenters. The minimum absolute atomic E-state index is 0.150. The number of aryl methyl sites for hydroxylation is 1. The van der Waals surface area contributed by atoms with Gasteiger partial charge < -0.3 is 4.57 Å². The van der Waals surface area contributed by atoms with Crippen LogP contribution < -0.4 is 5.56 Å². The van der Waals surface area contributed by atoms with Crippen molar-refractivity contribution in [3.63, 3.8) is 0 Å². The number of alkyl halides is 1. The summed E-state index contributed by atoms with van der Waals surface area (Å²) < 4.78 is 1.80. The van der Waals surface area contributed by atoms with Crippen LogP contribution >= 0.6 is 15.9 Å². The van der Waals surface area contributed by atoms with E-state index in [0.717, 1.165) is 18.4 Å². The Kier molecular flexibility index (Phi) is 2.28. The van der Waals surface area contributed by atoms with Crippen LogP contribution in [-0.4, -0.2) is 4.57 Å². The van der Waals surface area contributed by atoms with Gasteiger partial charge in [-0.15, -0.1) is 0 Å². The fourth-order valence-electron chi connectivity index (χ4n) is 2.00. The second-order valence-electron chi connectivity index (χ2n) is 3.49. The number of halogens is 1. The van der Waals surface area contributed by atoms with E-state index in [1.807, 2.05) is 7.05 Å². The standard InChI is InChI=1S/C10H12BrNO/c1-12-9-4-2-3-7(9)5-8(6-11)10(12)13/h5H,2-4,6H2,1H3. The van der Waals surface area contributed by atoms with Crippen LogP contribution in [0.15, 0.2) is 10.9 Å². The first-order valence-corrected chi connectivity index (χ1v) is 5.63. The highest BCUT2D eigenvalue weighted by molar-refractivity contribution is 9.08. The lowest BCUT2D eigenvalue weighted by Crippen LogP contribution is -2.23. The van der Waals surface area contributed by atoms with Gasteiger partial charge in [0, 0.05) is 23.6 Å². The number of rotatable bonds is 1. The van der Waals surface area contributed by atoms with Gasteiger partial charge in [-0.05, 0) is 30.9 Å². The molecule has 2 rings (SSSR count). The topological polar surface area (TPSA) is 22.0 Å². The first-order valence-electron chi connectivity index (χ1n) is 4.50. The predicted molar refractivity (Wildman–Crippen MR) is 56.3 cm³/mol. The minimum atomic E-state index is 0.150. The smallest absolute Gasteiger partial charge is 0.254 e. The van der Waals surface area contributed by atoms with E-state index in [9.17, 15) is 4.79 Å². The Morgan fingerprint density at radius 1 is 1.54 bits per heavy atom. The molecule has 2 nitrogen and oxygen atoms in total. The Bertz CT molecular complexity index is 395. The van der Waals surface area contributed by atoms with Crippen molar-refractivity contribution in [2.45, 2.75) is 24.6 Å². The molecular formula is C10H12BrNO. The molecule has 1 aromatic heterocycles. The zero-order valence-corrected chi connectivity index (χ0v) is 9.23. The maximum absolute atomic E-state index is 11.7. The van der Waals surface area contributed by atoms with Crippen molar-refractivity contribution >= 4 is 15.9 Å². The summed E-state index contributed by atoms with van der Waals surface area (Å²) in [6.07, 6.45) is 3.38. The molecule has 1 heterocycles. The Labute approximate surface area is 85.7 Å². The van der Waals surface area contributed by atoms with Crippen molar-refractivity contribution < 1.29 is 0 Å². The zero-order valence-electron chi connectivity index (χ0n) is 7.64. The third kappa shape index (κ3) is 1.35. The van der Waals surface area contributed by atoms with E-state index in [2.05, 4.69) is 22.0 Å². The fraction of sp³-hybridized carbons (Fsp3) is 0.500. The van der Waals surface area contributed by atoms with Gasteiger partial charge in [-0.2, -0.15) is 0 Å². The second kappa shape index (κ2) is 3.29. The lowest BCUT2D eigenvalue weighted by molar-refractivity contribution is 0.772. The number of hydrogen-bond acceptors (Lipinski definition) is 1. The molecule has 0 saturated carbocycles. The normalized spacial score (nSPS) is 14.6. The van der Waals surface area contributed by atoms with Crippen molar-refractivity contribution in [2.75, 3.05) is 0 Å². The SMILES string of the molecule is Cn1c2c(cc(CBr)c1=O)CCC2. The Hall–Kier alpha value is -0.570. The predicted octanol–water partition coefficient (Wildman–Crippen LogP) is 1.77. The zero-order chi connectivity index (χ0) is 9.42. The molecule has 70 valence electrons. The average Bonchev–Trinajstić information content (AvgIpc) is 2.59. The van der Waals surface area contributed by atoms with Crippen molar-refractivity contribution in [1.82, 2.24) is 4.57 Å². The van der Waals surface area contributed by atoms with E-state index >= 15 is 0 Å². The molecule has 0 bridgehead atoms. The van der Waals surface area contributed by atoms with Crippen LogP contribution in [0.2, 0.25) is 0 Å². The summed E-state index contributed by atoms with van der Waals surface area (Å²) in [6.45, 7) is 0. The lowest BCUT2D eigenvalue weighted by Gasteiger charge is -2.08. The summed E-state index contributed by atoms with van der Waals surface area (Å²) in [5.41, 5.74) is 3.62. The molecule has 1 aromatic rings. The van der Waals surface area contributed by atoms with Gasteiger partial charge >= 0.3 is 0 Å². The number of fused-ring (bicyclic) bond motifs is 1. The number of hydrogen-bond donors (Lipinski definition) is 0. The molecule has 0 saturated heterocycles. The molecule has 0 atom stereocenters. The monoisotopic (exact) mass is 241 g/mol. The van der Waals surface area contributed by atoms with Crippen LogP contribution in [0.1, 0.15) is 23.2 Å². The van der Waals surface area contributed by atoms with Gasteiger partial charge in [-0.25, -0.2) is 0 Å². The average molecular weight is 242 g/mol. The quantitative estimate of drug-likeness (QED) is 0.688. The van der Waals surface area contributed by atoms with Crippen LogP contribution in [0.4, 0.5) is 0 Å². The number of nitrogens with zero attached hydrogens (tertiary/aromatic N) is 1. The van der Waals surface area contributed by atoms with Crippen molar-refractivity contribution in [1.29, 1.82) is 0 Å². The molecular weight excluding hydrogens is 230 g/mol. The molecule has 0 fully saturated rings. The summed E-state index contributed by atoms with van der Waals surface area (Å²) in [5, 5.41) is 0.660. The van der Waals surface area contributed by atoms with Crippen LogP contribution in [-0.2, 0) is 25.2 Å².